The molecule has 1 amide bonds. The molecule has 4 rings (SSSR count). The Balaban J connectivity index is 1.91. The first-order valence-electron chi connectivity index (χ1n) is 9.69. The summed E-state index contributed by atoms with van der Waals surface area (Å²) in [6.45, 7) is 3.92. The number of nitrogen functional groups attached to an aromatic ring is 1. The Labute approximate surface area is 173 Å². The van der Waals surface area contributed by atoms with Gasteiger partial charge in [0.25, 0.3) is 5.91 Å². The third-order valence-corrected chi connectivity index (χ3v) is 4.88. The Hall–Kier alpha value is -3.94. The van der Waals surface area contributed by atoms with Crippen molar-refractivity contribution in [2.24, 2.45) is 5.10 Å². The van der Waals surface area contributed by atoms with E-state index < -0.39 is 0 Å². The number of fused-ring (bicyclic) bond motifs is 2. The smallest absolute Gasteiger partial charge is 0.257 e. The van der Waals surface area contributed by atoms with Crippen molar-refractivity contribution in [3.8, 4) is 5.75 Å². The molecule has 0 aliphatic carbocycles. The van der Waals surface area contributed by atoms with Crippen molar-refractivity contribution in [3.63, 3.8) is 0 Å². The van der Waals surface area contributed by atoms with Crippen molar-refractivity contribution in [2.45, 2.75) is 26.3 Å². The molecule has 152 valence electrons. The van der Waals surface area contributed by atoms with Crippen LogP contribution in [0.1, 0.15) is 36.2 Å². The first-order chi connectivity index (χ1) is 14.5. The Morgan fingerprint density at radius 1 is 1.23 bits per heavy atom. The molecule has 1 unspecified atom stereocenters. The molecule has 2 aromatic carbocycles. The number of hydrogen-bond acceptors (Lipinski definition) is 6. The van der Waals surface area contributed by atoms with E-state index in [1.54, 1.807) is 30.5 Å². The molecular formula is C22H22N6O2. The van der Waals surface area contributed by atoms with Gasteiger partial charge in [-0.15, -0.1) is 0 Å². The van der Waals surface area contributed by atoms with E-state index in [1.165, 1.54) is 4.68 Å². The Bertz CT molecular complexity index is 1280. The molecule has 0 saturated carbocycles. The number of para-hydroxylation sites is 2. The predicted octanol–water partition coefficient (Wildman–Crippen LogP) is 3.28. The summed E-state index contributed by atoms with van der Waals surface area (Å²) in [5.41, 5.74) is 9.38. The first kappa shape index (κ1) is 19.4. The molecule has 4 aromatic rings. The number of aromatic hydroxyl groups is 1. The highest BCUT2D eigenvalue weighted by Gasteiger charge is 2.24. The molecule has 0 aliphatic rings. The average Bonchev–Trinajstić information content (AvgIpc) is 3.00. The molecule has 8 nitrogen and oxygen atoms in total. The molecule has 30 heavy (non-hydrogen) atoms. The van der Waals surface area contributed by atoms with E-state index >= 15 is 0 Å². The molecule has 4 N–H and O–H groups in total. The quantitative estimate of drug-likeness (QED) is 0.443. The summed E-state index contributed by atoms with van der Waals surface area (Å²) in [5.74, 6) is -0.0380. The van der Waals surface area contributed by atoms with E-state index in [1.807, 2.05) is 38.1 Å². The minimum Gasteiger partial charge on any atom is -0.508 e. The van der Waals surface area contributed by atoms with E-state index in [0.717, 1.165) is 6.42 Å². The second-order valence-electron chi connectivity index (χ2n) is 7.08. The zero-order valence-corrected chi connectivity index (χ0v) is 16.7. The standard InChI is InChI=1S/C22H22N6O2/c1-3-13(2)25-22(30)18-19-21(27-17-10-5-4-9-16(17)26-19)28(20(18)23)24-12-14-7-6-8-15(29)11-14/h4-13,29H,3,23H2,1-2H3,(H,25,30)/b24-12+. The van der Waals surface area contributed by atoms with E-state index in [-0.39, 0.29) is 29.1 Å². The number of hydrogen-bond donors (Lipinski definition) is 3. The minimum absolute atomic E-state index is 0.0143. The summed E-state index contributed by atoms with van der Waals surface area (Å²) in [7, 11) is 0. The van der Waals surface area contributed by atoms with E-state index in [0.29, 0.717) is 27.8 Å². The number of carbonyl (C=O) groups excluding carboxylic acids is 1. The van der Waals surface area contributed by atoms with Gasteiger partial charge in [0, 0.05) is 6.04 Å². The topological polar surface area (TPSA) is 118 Å². The summed E-state index contributed by atoms with van der Waals surface area (Å²) in [5, 5.41) is 17.0. The second kappa shape index (κ2) is 7.82. The lowest BCUT2D eigenvalue weighted by Crippen LogP contribution is -2.32. The van der Waals surface area contributed by atoms with Gasteiger partial charge in [-0.1, -0.05) is 31.2 Å². The van der Waals surface area contributed by atoms with Crippen LogP contribution in [0.2, 0.25) is 0 Å². The van der Waals surface area contributed by atoms with Crippen LogP contribution in [0.4, 0.5) is 5.82 Å². The molecule has 0 radical (unpaired) electrons. The summed E-state index contributed by atoms with van der Waals surface area (Å²) < 4.78 is 1.41. The van der Waals surface area contributed by atoms with Crippen molar-refractivity contribution in [3.05, 3.63) is 59.7 Å². The zero-order chi connectivity index (χ0) is 21.3. The maximum absolute atomic E-state index is 13.0. The van der Waals surface area contributed by atoms with Gasteiger partial charge in [0.1, 0.15) is 22.6 Å². The minimum atomic E-state index is -0.317. The van der Waals surface area contributed by atoms with Crippen LogP contribution in [-0.4, -0.2) is 37.9 Å². The van der Waals surface area contributed by atoms with Gasteiger partial charge in [0.05, 0.1) is 17.2 Å². The van der Waals surface area contributed by atoms with Crippen molar-refractivity contribution < 1.29 is 9.90 Å². The second-order valence-corrected chi connectivity index (χ2v) is 7.08. The SMILES string of the molecule is CCC(C)NC(=O)c1c(N)n(/N=C/c2cccc(O)c2)c2nc3ccccc3nc12. The molecule has 0 bridgehead atoms. The normalized spacial score (nSPS) is 12.6. The van der Waals surface area contributed by atoms with Gasteiger partial charge in [0.15, 0.2) is 5.65 Å². The number of carbonyl (C=O) groups is 1. The summed E-state index contributed by atoms with van der Waals surface area (Å²) in [6, 6.07) is 14.0. The van der Waals surface area contributed by atoms with Crippen LogP contribution in [0, 0.1) is 0 Å². The maximum atomic E-state index is 13.0. The van der Waals surface area contributed by atoms with Crippen LogP contribution in [-0.2, 0) is 0 Å². The Kier molecular flexibility index (Phi) is 5.05. The fourth-order valence-electron chi connectivity index (χ4n) is 3.12. The number of phenolic OH excluding ortho intramolecular Hbond substituents is 1. The number of anilines is 1. The van der Waals surface area contributed by atoms with Gasteiger partial charge in [-0.25, -0.2) is 9.97 Å². The van der Waals surface area contributed by atoms with Crippen LogP contribution < -0.4 is 11.1 Å². The number of benzene rings is 2. The molecular weight excluding hydrogens is 380 g/mol. The number of nitrogens with two attached hydrogens (primary N) is 1. The summed E-state index contributed by atoms with van der Waals surface area (Å²) in [6.07, 6.45) is 2.33. The third kappa shape index (κ3) is 3.55. The lowest BCUT2D eigenvalue weighted by molar-refractivity contribution is 0.0941. The van der Waals surface area contributed by atoms with Crippen LogP contribution in [0.5, 0.6) is 5.75 Å². The van der Waals surface area contributed by atoms with Gasteiger partial charge in [0.2, 0.25) is 0 Å². The average molecular weight is 402 g/mol. The monoisotopic (exact) mass is 402 g/mol. The molecule has 0 fully saturated rings. The van der Waals surface area contributed by atoms with Crippen molar-refractivity contribution >= 4 is 40.1 Å². The maximum Gasteiger partial charge on any atom is 0.257 e. The summed E-state index contributed by atoms with van der Waals surface area (Å²) in [4.78, 5) is 22.3. The molecule has 8 heteroatoms. The van der Waals surface area contributed by atoms with Gasteiger partial charge in [-0.2, -0.15) is 9.78 Å². The van der Waals surface area contributed by atoms with Crippen LogP contribution >= 0.6 is 0 Å². The molecule has 0 aliphatic heterocycles. The predicted molar refractivity (Wildman–Crippen MR) is 118 cm³/mol. The van der Waals surface area contributed by atoms with Crippen LogP contribution in [0.3, 0.4) is 0 Å². The highest BCUT2D eigenvalue weighted by Crippen LogP contribution is 2.28. The number of amides is 1. The molecule has 2 aromatic heterocycles. The van der Waals surface area contributed by atoms with Gasteiger partial charge >= 0.3 is 0 Å². The van der Waals surface area contributed by atoms with E-state index in [9.17, 15) is 9.90 Å². The molecule has 1 atom stereocenters. The molecule has 2 heterocycles. The zero-order valence-electron chi connectivity index (χ0n) is 16.7. The highest BCUT2D eigenvalue weighted by atomic mass is 16.3. The Morgan fingerprint density at radius 2 is 1.97 bits per heavy atom. The lowest BCUT2D eigenvalue weighted by Gasteiger charge is -2.11. The van der Waals surface area contributed by atoms with Crippen LogP contribution in [0.15, 0.2) is 53.6 Å². The fraction of sp³-hybridized carbons (Fsp3) is 0.182. The summed E-state index contributed by atoms with van der Waals surface area (Å²) >= 11 is 0. The van der Waals surface area contributed by atoms with E-state index in [2.05, 4.69) is 20.4 Å². The highest BCUT2D eigenvalue weighted by molar-refractivity contribution is 6.10. The van der Waals surface area contributed by atoms with Gasteiger partial charge in [-0.3, -0.25) is 4.79 Å². The van der Waals surface area contributed by atoms with Crippen molar-refractivity contribution in [1.82, 2.24) is 20.0 Å². The number of phenols is 1. The molecule has 0 saturated heterocycles. The Morgan fingerprint density at radius 3 is 2.67 bits per heavy atom. The van der Waals surface area contributed by atoms with Gasteiger partial charge < -0.3 is 16.2 Å². The number of nitrogens with zero attached hydrogens (tertiary/aromatic N) is 4. The fourth-order valence-corrected chi connectivity index (χ4v) is 3.12. The largest absolute Gasteiger partial charge is 0.508 e. The lowest BCUT2D eigenvalue weighted by atomic mass is 10.2. The third-order valence-electron chi connectivity index (χ3n) is 4.88. The first-order valence-corrected chi connectivity index (χ1v) is 9.69. The van der Waals surface area contributed by atoms with Crippen LogP contribution in [0.25, 0.3) is 22.2 Å². The number of aromatic nitrogens is 3. The van der Waals surface area contributed by atoms with E-state index in [4.69, 9.17) is 5.73 Å². The van der Waals surface area contributed by atoms with Crippen molar-refractivity contribution in [1.29, 1.82) is 0 Å². The van der Waals surface area contributed by atoms with Crippen molar-refractivity contribution in [2.75, 3.05) is 5.73 Å². The molecule has 0 spiro atoms. The number of rotatable bonds is 5. The van der Waals surface area contributed by atoms with Gasteiger partial charge in [-0.05, 0) is 43.2 Å². The number of nitrogens with one attached hydrogen (secondary N) is 1.